The molecule has 1 amide bonds. The summed E-state index contributed by atoms with van der Waals surface area (Å²) in [5.74, 6) is -3.57. The normalized spacial score (nSPS) is 11.6. The van der Waals surface area contributed by atoms with Crippen LogP contribution in [0.4, 0.5) is 0 Å². The Morgan fingerprint density at radius 3 is 2.56 bits per heavy atom. The van der Waals surface area contributed by atoms with Crippen LogP contribution in [0, 0.1) is 0 Å². The van der Waals surface area contributed by atoms with Crippen LogP contribution in [0.2, 0.25) is 5.02 Å². The zero-order chi connectivity index (χ0) is 13.7. The van der Waals surface area contributed by atoms with Crippen LogP contribution in [0.3, 0.4) is 0 Å². The van der Waals surface area contributed by atoms with Crippen molar-refractivity contribution in [2.75, 3.05) is 0 Å². The Kier molecular flexibility index (Phi) is 4.61. The molecule has 0 radical (unpaired) electrons. The average Bonchev–Trinajstić information content (AvgIpc) is 2.27. The second-order valence-electron chi connectivity index (χ2n) is 3.32. The zero-order valence-corrected chi connectivity index (χ0v) is 9.72. The summed E-state index contributed by atoms with van der Waals surface area (Å²) in [4.78, 5) is 36.5. The smallest absolute Gasteiger partial charge is 0.326 e. The molecule has 0 aromatic carbocycles. The van der Waals surface area contributed by atoms with Gasteiger partial charge in [-0.3, -0.25) is 14.6 Å². The van der Waals surface area contributed by atoms with Crippen LogP contribution in [0.25, 0.3) is 0 Å². The van der Waals surface area contributed by atoms with Gasteiger partial charge in [0.2, 0.25) is 0 Å². The Hall–Kier alpha value is -2.15. The predicted molar refractivity (Wildman–Crippen MR) is 60.4 cm³/mol. The van der Waals surface area contributed by atoms with Gasteiger partial charge in [-0.05, 0) is 12.1 Å². The summed E-state index contributed by atoms with van der Waals surface area (Å²) in [6.45, 7) is 0. The van der Waals surface area contributed by atoms with Crippen molar-refractivity contribution in [2.45, 2.75) is 12.5 Å². The maximum absolute atomic E-state index is 11.6. The fraction of sp³-hybridized carbons (Fsp3) is 0.200. The van der Waals surface area contributed by atoms with E-state index in [9.17, 15) is 14.4 Å². The maximum atomic E-state index is 11.6. The van der Waals surface area contributed by atoms with E-state index >= 15 is 0 Å². The van der Waals surface area contributed by atoms with Crippen molar-refractivity contribution in [1.82, 2.24) is 10.3 Å². The van der Waals surface area contributed by atoms with Crippen LogP contribution >= 0.6 is 11.6 Å². The molecular formula is C10H9ClN2O5. The molecule has 7 nitrogen and oxygen atoms in total. The van der Waals surface area contributed by atoms with Gasteiger partial charge in [-0.25, -0.2) is 4.79 Å². The van der Waals surface area contributed by atoms with Crippen LogP contribution < -0.4 is 5.32 Å². The van der Waals surface area contributed by atoms with Crippen molar-refractivity contribution in [3.63, 3.8) is 0 Å². The van der Waals surface area contributed by atoms with Gasteiger partial charge in [0.15, 0.2) is 0 Å². The number of rotatable bonds is 5. The van der Waals surface area contributed by atoms with Crippen LogP contribution in [0.15, 0.2) is 18.3 Å². The first kappa shape index (κ1) is 13.9. The summed E-state index contributed by atoms with van der Waals surface area (Å²) >= 11 is 5.64. The van der Waals surface area contributed by atoms with Gasteiger partial charge in [0, 0.05) is 11.2 Å². The van der Waals surface area contributed by atoms with E-state index in [-0.39, 0.29) is 10.7 Å². The molecule has 0 spiro atoms. The van der Waals surface area contributed by atoms with Gasteiger partial charge < -0.3 is 15.5 Å². The molecule has 1 aromatic rings. The van der Waals surface area contributed by atoms with Gasteiger partial charge in [0.05, 0.1) is 6.42 Å². The third-order valence-corrected chi connectivity index (χ3v) is 2.17. The van der Waals surface area contributed by atoms with E-state index in [0.29, 0.717) is 0 Å². The van der Waals surface area contributed by atoms with Crippen molar-refractivity contribution in [3.05, 3.63) is 29.0 Å². The molecule has 1 aromatic heterocycles. The molecule has 0 saturated carbocycles. The number of hydrogen-bond acceptors (Lipinski definition) is 4. The van der Waals surface area contributed by atoms with Crippen LogP contribution in [0.1, 0.15) is 16.9 Å². The van der Waals surface area contributed by atoms with Gasteiger partial charge in [-0.1, -0.05) is 11.6 Å². The minimum absolute atomic E-state index is 0.0841. The van der Waals surface area contributed by atoms with Gasteiger partial charge >= 0.3 is 11.9 Å². The number of nitrogens with one attached hydrogen (secondary N) is 1. The molecule has 0 aliphatic rings. The van der Waals surface area contributed by atoms with Crippen molar-refractivity contribution in [1.29, 1.82) is 0 Å². The lowest BCUT2D eigenvalue weighted by molar-refractivity contribution is -0.145. The SMILES string of the molecule is O=C(O)CC(NC(=O)c1cc(Cl)ccn1)C(=O)O. The fourth-order valence-corrected chi connectivity index (χ4v) is 1.30. The molecule has 1 atom stereocenters. The highest BCUT2D eigenvalue weighted by atomic mass is 35.5. The molecule has 3 N–H and O–H groups in total. The number of carbonyl (C=O) groups excluding carboxylic acids is 1. The summed E-state index contributed by atoms with van der Waals surface area (Å²) in [5.41, 5.74) is -0.0841. The predicted octanol–water partition coefficient (Wildman–Crippen LogP) is 0.393. The molecular weight excluding hydrogens is 264 g/mol. The number of aliphatic carboxylic acids is 2. The Morgan fingerprint density at radius 2 is 2.06 bits per heavy atom. The number of pyridine rings is 1. The summed E-state index contributed by atoms with van der Waals surface area (Å²) in [6.07, 6.45) is 0.561. The van der Waals surface area contributed by atoms with Crippen LogP contribution in [-0.4, -0.2) is 39.1 Å². The van der Waals surface area contributed by atoms with E-state index in [4.69, 9.17) is 21.8 Å². The number of amides is 1. The Balaban J connectivity index is 2.78. The number of nitrogens with zero attached hydrogens (tertiary/aromatic N) is 1. The lowest BCUT2D eigenvalue weighted by Gasteiger charge is -2.11. The second kappa shape index (κ2) is 5.97. The molecule has 1 unspecified atom stereocenters. The van der Waals surface area contributed by atoms with Crippen molar-refractivity contribution in [2.24, 2.45) is 0 Å². The number of carboxylic acids is 2. The van der Waals surface area contributed by atoms with E-state index in [0.717, 1.165) is 0 Å². The number of carbonyl (C=O) groups is 3. The molecule has 0 bridgehead atoms. The van der Waals surface area contributed by atoms with Gasteiger partial charge in [0.1, 0.15) is 11.7 Å². The molecule has 18 heavy (non-hydrogen) atoms. The molecule has 8 heteroatoms. The number of aromatic nitrogens is 1. The van der Waals surface area contributed by atoms with Crippen molar-refractivity contribution < 1.29 is 24.6 Å². The minimum Gasteiger partial charge on any atom is -0.481 e. The Labute approximate surface area is 106 Å². The van der Waals surface area contributed by atoms with E-state index in [2.05, 4.69) is 10.3 Å². The average molecular weight is 273 g/mol. The molecule has 1 rings (SSSR count). The van der Waals surface area contributed by atoms with Gasteiger partial charge in [-0.2, -0.15) is 0 Å². The molecule has 0 saturated heterocycles. The van der Waals surface area contributed by atoms with E-state index in [1.165, 1.54) is 18.3 Å². The van der Waals surface area contributed by atoms with Crippen molar-refractivity contribution >= 4 is 29.4 Å². The quantitative estimate of drug-likeness (QED) is 0.714. The molecule has 0 aliphatic heterocycles. The highest BCUT2D eigenvalue weighted by Crippen LogP contribution is 2.08. The third kappa shape index (κ3) is 4.02. The van der Waals surface area contributed by atoms with Gasteiger partial charge in [-0.15, -0.1) is 0 Å². The largest absolute Gasteiger partial charge is 0.481 e. The standard InChI is InChI=1S/C10H9ClN2O5/c11-5-1-2-12-6(3-5)9(16)13-7(10(17)18)4-8(14)15/h1-3,7H,4H2,(H,13,16)(H,14,15)(H,17,18). The molecule has 1 heterocycles. The molecule has 0 fully saturated rings. The highest BCUT2D eigenvalue weighted by molar-refractivity contribution is 6.30. The number of hydrogen-bond donors (Lipinski definition) is 3. The number of carboxylic acid groups (broad SMARTS) is 2. The highest BCUT2D eigenvalue weighted by Gasteiger charge is 2.24. The third-order valence-electron chi connectivity index (χ3n) is 1.94. The van der Waals surface area contributed by atoms with Crippen LogP contribution in [-0.2, 0) is 9.59 Å². The Bertz CT molecular complexity index is 491. The maximum Gasteiger partial charge on any atom is 0.326 e. The van der Waals surface area contributed by atoms with Crippen molar-refractivity contribution in [3.8, 4) is 0 Å². The summed E-state index contributed by atoms with van der Waals surface area (Å²) in [7, 11) is 0. The van der Waals surface area contributed by atoms with E-state index < -0.39 is 30.3 Å². The first-order valence-corrected chi connectivity index (χ1v) is 5.15. The van der Waals surface area contributed by atoms with E-state index in [1.54, 1.807) is 0 Å². The summed E-state index contributed by atoms with van der Waals surface area (Å²) in [6, 6.07) is 1.18. The summed E-state index contributed by atoms with van der Waals surface area (Å²) in [5, 5.41) is 19.6. The molecule has 96 valence electrons. The minimum atomic E-state index is -1.52. The monoisotopic (exact) mass is 272 g/mol. The lowest BCUT2D eigenvalue weighted by atomic mass is 10.2. The van der Waals surface area contributed by atoms with E-state index in [1.807, 2.05) is 0 Å². The van der Waals surface area contributed by atoms with Crippen LogP contribution in [0.5, 0.6) is 0 Å². The summed E-state index contributed by atoms with van der Waals surface area (Å²) < 4.78 is 0. The fourth-order valence-electron chi connectivity index (χ4n) is 1.14. The zero-order valence-electron chi connectivity index (χ0n) is 8.96. The lowest BCUT2D eigenvalue weighted by Crippen LogP contribution is -2.42. The first-order chi connectivity index (χ1) is 8.40. The number of halogens is 1. The molecule has 0 aliphatic carbocycles. The van der Waals surface area contributed by atoms with Gasteiger partial charge in [0.25, 0.3) is 5.91 Å². The first-order valence-electron chi connectivity index (χ1n) is 4.77. The Morgan fingerprint density at radius 1 is 1.39 bits per heavy atom. The topological polar surface area (TPSA) is 117 Å². The second-order valence-corrected chi connectivity index (χ2v) is 3.76.